The predicted octanol–water partition coefficient (Wildman–Crippen LogP) is 0.421. The Hall–Kier alpha value is -0.920. The number of hydrogen-bond acceptors (Lipinski definition) is 3. The van der Waals surface area contributed by atoms with E-state index in [1.54, 1.807) is 6.92 Å². The number of amides is 1. The third kappa shape index (κ3) is 22.5. The molecule has 0 saturated carbocycles. The molecule has 0 unspecified atom stereocenters. The Kier molecular flexibility index (Phi) is 7.24. The molecule has 4 N–H and O–H groups in total. The molecule has 0 heterocycles. The minimum Gasteiger partial charge on any atom is -0.366 e. The highest BCUT2D eigenvalue weighted by Gasteiger charge is 1.96. The van der Waals surface area contributed by atoms with E-state index >= 15 is 0 Å². The van der Waals surface area contributed by atoms with Gasteiger partial charge in [-0.05, 0) is 12.8 Å². The maximum absolute atomic E-state index is 10.4. The van der Waals surface area contributed by atoms with Gasteiger partial charge in [-0.1, -0.05) is 19.9 Å². The lowest BCUT2D eigenvalue weighted by molar-refractivity contribution is -0.114. The van der Waals surface area contributed by atoms with Crippen molar-refractivity contribution in [1.82, 2.24) is 0 Å². The first-order valence-corrected chi connectivity index (χ1v) is 5.11. The smallest absolute Gasteiger partial charge is 0.366 e. The average molecular weight is 225 g/mol. The molecule has 0 aromatic carbocycles. The summed E-state index contributed by atoms with van der Waals surface area (Å²) in [5, 5.41) is 0. The third-order valence-corrected chi connectivity index (χ3v) is 0.972. The van der Waals surface area contributed by atoms with E-state index in [1.165, 1.54) is 0 Å². The molecule has 0 radical (unpaired) electrons. The summed E-state index contributed by atoms with van der Waals surface area (Å²) >= 11 is 0. The van der Waals surface area contributed by atoms with Crippen LogP contribution in [0.3, 0.4) is 0 Å². The van der Waals surface area contributed by atoms with Crippen LogP contribution in [0.25, 0.3) is 0 Å². The van der Waals surface area contributed by atoms with E-state index in [0.29, 0.717) is 11.5 Å². The monoisotopic (exact) mass is 225 g/mol. The van der Waals surface area contributed by atoms with Gasteiger partial charge in [-0.15, -0.1) is 0 Å². The summed E-state index contributed by atoms with van der Waals surface area (Å²) < 4.78 is 31.6. The highest BCUT2D eigenvalue weighted by Crippen LogP contribution is 1.99. The van der Waals surface area contributed by atoms with Gasteiger partial charge in [-0.25, -0.2) is 0 Å². The molecule has 0 aliphatic carbocycles. The van der Waals surface area contributed by atoms with Crippen molar-refractivity contribution in [3.05, 3.63) is 11.6 Å². The zero-order valence-corrected chi connectivity index (χ0v) is 9.08. The van der Waals surface area contributed by atoms with Gasteiger partial charge < -0.3 is 5.73 Å². The molecule has 7 heteroatoms. The van der Waals surface area contributed by atoms with Crippen molar-refractivity contribution in [3.63, 3.8) is 0 Å². The van der Waals surface area contributed by atoms with Crippen molar-refractivity contribution in [2.75, 3.05) is 0 Å². The first-order chi connectivity index (χ1) is 6.04. The summed E-state index contributed by atoms with van der Waals surface area (Å²) in [5.74, 6) is 0.0706. The summed E-state index contributed by atoms with van der Waals surface area (Å²) in [6.07, 6.45) is 1.85. The summed E-state index contributed by atoms with van der Waals surface area (Å²) in [6.45, 7) is 5.74. The highest BCUT2D eigenvalue weighted by molar-refractivity contribution is 7.79. The van der Waals surface area contributed by atoms with Crippen LogP contribution in [0, 0.1) is 5.92 Å². The number of primary amides is 1. The minimum atomic E-state index is -4.67. The molecule has 6 nitrogen and oxygen atoms in total. The van der Waals surface area contributed by atoms with Gasteiger partial charge in [0.2, 0.25) is 5.91 Å². The number of nitrogens with two attached hydrogens (primary N) is 1. The zero-order chi connectivity index (χ0) is 11.9. The molecule has 0 aromatic heterocycles. The number of allylic oxidation sites excluding steroid dienone is 1. The van der Waals surface area contributed by atoms with Gasteiger partial charge in [-0.2, -0.15) is 8.42 Å². The van der Waals surface area contributed by atoms with E-state index < -0.39 is 10.4 Å². The van der Waals surface area contributed by atoms with E-state index in [2.05, 4.69) is 0 Å². The van der Waals surface area contributed by atoms with Crippen molar-refractivity contribution in [3.8, 4) is 0 Å². The number of carbonyl (C=O) groups is 1. The van der Waals surface area contributed by atoms with Crippen LogP contribution < -0.4 is 5.73 Å². The van der Waals surface area contributed by atoms with Gasteiger partial charge in [0, 0.05) is 5.57 Å². The normalized spacial score (nSPS) is 12.0. The summed E-state index contributed by atoms with van der Waals surface area (Å²) in [6, 6.07) is 0. The highest BCUT2D eigenvalue weighted by atomic mass is 32.3. The van der Waals surface area contributed by atoms with Crippen LogP contribution in [0.2, 0.25) is 0 Å². The minimum absolute atomic E-state index is 0.330. The van der Waals surface area contributed by atoms with Crippen LogP contribution in [-0.4, -0.2) is 23.4 Å². The molecule has 0 aliphatic rings. The fourth-order valence-corrected chi connectivity index (χ4v) is 0.582. The number of hydrogen-bond donors (Lipinski definition) is 3. The van der Waals surface area contributed by atoms with Crippen molar-refractivity contribution in [2.45, 2.75) is 20.8 Å². The molecule has 0 spiro atoms. The molecule has 0 atom stereocenters. The first-order valence-electron chi connectivity index (χ1n) is 3.72. The number of rotatable bonds is 2. The van der Waals surface area contributed by atoms with Crippen LogP contribution in [0.15, 0.2) is 11.6 Å². The fraction of sp³-hybridized carbons (Fsp3) is 0.571. The molecule has 0 aromatic rings. The molecular formula is C7H15NO5S. The average Bonchev–Trinajstić information content (AvgIpc) is 1.80. The van der Waals surface area contributed by atoms with E-state index in [9.17, 15) is 4.79 Å². The van der Waals surface area contributed by atoms with E-state index in [1.807, 2.05) is 19.9 Å². The SMILES string of the molecule is CC(=CC(C)C)C(N)=O.O=S(=O)(O)O. The van der Waals surface area contributed by atoms with Crippen molar-refractivity contribution in [2.24, 2.45) is 11.7 Å². The quantitative estimate of drug-likeness (QED) is 0.465. The van der Waals surface area contributed by atoms with Gasteiger partial charge in [0.05, 0.1) is 0 Å². The standard InChI is InChI=1S/C7H13NO.H2O4S/c1-5(2)4-6(3)7(8)9;1-5(2,3)4/h4-5H,1-3H3,(H2,8,9);(H2,1,2,3,4). The maximum Gasteiger partial charge on any atom is 0.394 e. The van der Waals surface area contributed by atoms with Crippen molar-refractivity contribution < 1.29 is 22.3 Å². The lowest BCUT2D eigenvalue weighted by atomic mass is 10.1. The van der Waals surface area contributed by atoms with Crippen LogP contribution in [0.1, 0.15) is 20.8 Å². The lowest BCUT2D eigenvalue weighted by Crippen LogP contribution is -2.12. The molecule has 0 saturated heterocycles. The van der Waals surface area contributed by atoms with Crippen molar-refractivity contribution >= 4 is 16.3 Å². The number of carbonyl (C=O) groups excluding carboxylic acids is 1. The topological polar surface area (TPSA) is 118 Å². The predicted molar refractivity (Wildman–Crippen MR) is 52.0 cm³/mol. The third-order valence-electron chi connectivity index (χ3n) is 0.972. The second-order valence-electron chi connectivity index (χ2n) is 2.91. The van der Waals surface area contributed by atoms with Gasteiger partial charge in [0.1, 0.15) is 0 Å². The van der Waals surface area contributed by atoms with Gasteiger partial charge >= 0.3 is 10.4 Å². The van der Waals surface area contributed by atoms with Gasteiger partial charge in [-0.3, -0.25) is 13.9 Å². The van der Waals surface area contributed by atoms with E-state index in [4.69, 9.17) is 23.3 Å². The Morgan fingerprint density at radius 1 is 1.36 bits per heavy atom. The molecule has 84 valence electrons. The van der Waals surface area contributed by atoms with Crippen LogP contribution in [-0.2, 0) is 15.2 Å². The van der Waals surface area contributed by atoms with Crippen molar-refractivity contribution in [1.29, 1.82) is 0 Å². The molecule has 0 rings (SSSR count). The lowest BCUT2D eigenvalue weighted by Gasteiger charge is -1.96. The molecule has 0 aliphatic heterocycles. The molecular weight excluding hydrogens is 210 g/mol. The Morgan fingerprint density at radius 2 is 1.64 bits per heavy atom. The summed E-state index contributed by atoms with van der Waals surface area (Å²) in [5.41, 5.74) is 5.62. The zero-order valence-electron chi connectivity index (χ0n) is 8.26. The van der Waals surface area contributed by atoms with E-state index in [0.717, 1.165) is 0 Å². The Balaban J connectivity index is 0. The van der Waals surface area contributed by atoms with Crippen LogP contribution in [0.5, 0.6) is 0 Å². The second-order valence-corrected chi connectivity index (χ2v) is 3.80. The largest absolute Gasteiger partial charge is 0.394 e. The van der Waals surface area contributed by atoms with E-state index in [-0.39, 0.29) is 5.91 Å². The summed E-state index contributed by atoms with van der Waals surface area (Å²) in [4.78, 5) is 10.4. The first kappa shape index (κ1) is 15.5. The second kappa shape index (κ2) is 6.52. The Morgan fingerprint density at radius 3 is 1.71 bits per heavy atom. The fourth-order valence-electron chi connectivity index (χ4n) is 0.582. The maximum atomic E-state index is 10.4. The Bertz CT molecular complexity index is 296. The van der Waals surface area contributed by atoms with Gasteiger partial charge in [0.15, 0.2) is 0 Å². The van der Waals surface area contributed by atoms with Crippen LogP contribution >= 0.6 is 0 Å². The molecule has 0 fully saturated rings. The molecule has 1 amide bonds. The summed E-state index contributed by atoms with van der Waals surface area (Å²) in [7, 11) is -4.67. The molecule has 14 heavy (non-hydrogen) atoms. The van der Waals surface area contributed by atoms with Crippen LogP contribution in [0.4, 0.5) is 0 Å². The Labute approximate surface area is 83.4 Å². The molecule has 0 bridgehead atoms. The van der Waals surface area contributed by atoms with Gasteiger partial charge in [0.25, 0.3) is 0 Å².